The van der Waals surface area contributed by atoms with Crippen LogP contribution in [0.25, 0.3) is 11.3 Å². The first-order chi connectivity index (χ1) is 12.4. The highest BCUT2D eigenvalue weighted by Gasteiger charge is 2.21. The molecule has 3 rings (SSSR count). The van der Waals surface area contributed by atoms with Gasteiger partial charge in [-0.1, -0.05) is 51.1 Å². The summed E-state index contributed by atoms with van der Waals surface area (Å²) in [7, 11) is 0. The van der Waals surface area contributed by atoms with Crippen molar-refractivity contribution in [3.05, 3.63) is 60.0 Å². The largest absolute Gasteiger partial charge is 0.326 e. The molecule has 1 heterocycles. The van der Waals surface area contributed by atoms with Gasteiger partial charge in [-0.15, -0.1) is 11.3 Å². The highest BCUT2D eigenvalue weighted by atomic mass is 32.1. The molecule has 3 aromatic rings. The van der Waals surface area contributed by atoms with Gasteiger partial charge < -0.3 is 5.32 Å². The summed E-state index contributed by atoms with van der Waals surface area (Å²) >= 11 is 1.53. The number of anilines is 3. The summed E-state index contributed by atoms with van der Waals surface area (Å²) in [5, 5.41) is 5.71. The Morgan fingerprint density at radius 3 is 2.27 bits per heavy atom. The second kappa shape index (κ2) is 7.58. The maximum atomic E-state index is 12.0. The Bertz CT molecular complexity index is 867. The smallest absolute Gasteiger partial charge is 0.229 e. The Morgan fingerprint density at radius 2 is 1.62 bits per heavy atom. The number of nitrogens with one attached hydrogen (secondary N) is 3. The van der Waals surface area contributed by atoms with E-state index in [1.807, 2.05) is 80.7 Å². The standard InChI is InChI=1S/C20H22N4OS/c1-20(2,3)18(25)21-15-11-9-14(10-12-15)17-13-26-19(22-17)24-23-16-7-5-4-6-8-16/h4-13,23H,1-3H3,(H,21,25)(H,22,24). The number of amides is 1. The summed E-state index contributed by atoms with van der Waals surface area (Å²) in [5.74, 6) is -0.00243. The minimum Gasteiger partial charge on any atom is -0.326 e. The number of rotatable bonds is 5. The molecule has 0 fully saturated rings. The lowest BCUT2D eigenvalue weighted by Crippen LogP contribution is -2.27. The Hall–Kier alpha value is -2.86. The lowest BCUT2D eigenvalue weighted by molar-refractivity contribution is -0.123. The highest BCUT2D eigenvalue weighted by Crippen LogP contribution is 2.26. The monoisotopic (exact) mass is 366 g/mol. The number of hydrazine groups is 1. The lowest BCUT2D eigenvalue weighted by Gasteiger charge is -2.17. The quantitative estimate of drug-likeness (QED) is 0.541. The first kappa shape index (κ1) is 17.9. The molecule has 0 saturated carbocycles. The second-order valence-corrected chi connectivity index (χ2v) is 7.79. The van der Waals surface area contributed by atoms with E-state index in [-0.39, 0.29) is 5.91 Å². The zero-order chi connectivity index (χ0) is 18.6. The number of hydrogen-bond donors (Lipinski definition) is 3. The fourth-order valence-corrected chi connectivity index (χ4v) is 2.83. The molecular formula is C20H22N4OS. The number of para-hydroxylation sites is 1. The molecule has 0 aliphatic rings. The molecule has 0 unspecified atom stereocenters. The van der Waals surface area contributed by atoms with Gasteiger partial charge in [0.1, 0.15) is 0 Å². The summed E-state index contributed by atoms with van der Waals surface area (Å²) in [6.07, 6.45) is 0. The fourth-order valence-electron chi connectivity index (χ4n) is 2.15. The van der Waals surface area contributed by atoms with Crippen molar-refractivity contribution in [1.29, 1.82) is 0 Å². The molecule has 3 N–H and O–H groups in total. The molecule has 0 atom stereocenters. The van der Waals surface area contributed by atoms with Crippen LogP contribution in [0.4, 0.5) is 16.5 Å². The summed E-state index contributed by atoms with van der Waals surface area (Å²) in [5.41, 5.74) is 9.46. The summed E-state index contributed by atoms with van der Waals surface area (Å²) < 4.78 is 0. The van der Waals surface area contributed by atoms with Gasteiger partial charge in [-0.3, -0.25) is 15.6 Å². The van der Waals surface area contributed by atoms with Crippen molar-refractivity contribution < 1.29 is 4.79 Å². The number of hydrogen-bond acceptors (Lipinski definition) is 5. The van der Waals surface area contributed by atoms with Crippen LogP contribution in [-0.2, 0) is 4.79 Å². The first-order valence-electron chi connectivity index (χ1n) is 8.36. The van der Waals surface area contributed by atoms with Crippen LogP contribution in [0.5, 0.6) is 0 Å². The number of carbonyl (C=O) groups excluding carboxylic acids is 1. The number of aromatic nitrogens is 1. The molecule has 2 aromatic carbocycles. The average Bonchev–Trinajstić information content (AvgIpc) is 3.10. The zero-order valence-corrected chi connectivity index (χ0v) is 15.9. The van der Waals surface area contributed by atoms with Gasteiger partial charge in [0, 0.05) is 22.0 Å². The first-order valence-corrected chi connectivity index (χ1v) is 9.24. The van der Waals surface area contributed by atoms with Crippen molar-refractivity contribution in [1.82, 2.24) is 4.98 Å². The fraction of sp³-hybridized carbons (Fsp3) is 0.200. The molecule has 0 radical (unpaired) electrons. The van der Waals surface area contributed by atoms with E-state index in [0.717, 1.165) is 27.8 Å². The van der Waals surface area contributed by atoms with Crippen molar-refractivity contribution in [3.8, 4) is 11.3 Å². The predicted octanol–water partition coefficient (Wildman–Crippen LogP) is 5.23. The summed E-state index contributed by atoms with van der Waals surface area (Å²) in [6, 6.07) is 17.6. The average molecular weight is 366 g/mol. The van der Waals surface area contributed by atoms with E-state index in [2.05, 4.69) is 21.2 Å². The molecule has 0 spiro atoms. The minimum atomic E-state index is -0.417. The van der Waals surface area contributed by atoms with E-state index in [1.165, 1.54) is 11.3 Å². The van der Waals surface area contributed by atoms with Crippen molar-refractivity contribution >= 4 is 33.8 Å². The molecule has 1 amide bonds. The van der Waals surface area contributed by atoms with Crippen LogP contribution >= 0.6 is 11.3 Å². The Balaban J connectivity index is 1.63. The van der Waals surface area contributed by atoms with Gasteiger partial charge >= 0.3 is 0 Å². The SMILES string of the molecule is CC(C)(C)C(=O)Nc1ccc(-c2csc(NNc3ccccc3)n2)cc1. The van der Waals surface area contributed by atoms with Crippen LogP contribution in [0.1, 0.15) is 20.8 Å². The number of nitrogens with zero attached hydrogens (tertiary/aromatic N) is 1. The van der Waals surface area contributed by atoms with Gasteiger partial charge in [0.25, 0.3) is 0 Å². The van der Waals surface area contributed by atoms with Crippen molar-refractivity contribution in [3.63, 3.8) is 0 Å². The molecule has 0 aliphatic heterocycles. The van der Waals surface area contributed by atoms with Crippen molar-refractivity contribution in [2.75, 3.05) is 16.2 Å². The van der Waals surface area contributed by atoms with E-state index < -0.39 is 5.41 Å². The maximum absolute atomic E-state index is 12.0. The van der Waals surface area contributed by atoms with Crippen LogP contribution in [0, 0.1) is 5.41 Å². The van der Waals surface area contributed by atoms with E-state index >= 15 is 0 Å². The molecule has 0 saturated heterocycles. The molecular weight excluding hydrogens is 344 g/mol. The van der Waals surface area contributed by atoms with Crippen LogP contribution in [0.2, 0.25) is 0 Å². The van der Waals surface area contributed by atoms with Gasteiger partial charge in [0.05, 0.1) is 11.4 Å². The molecule has 6 heteroatoms. The minimum absolute atomic E-state index is 0.00243. The van der Waals surface area contributed by atoms with Gasteiger partial charge in [-0.25, -0.2) is 4.98 Å². The summed E-state index contributed by atoms with van der Waals surface area (Å²) in [6.45, 7) is 5.68. The van der Waals surface area contributed by atoms with E-state index in [4.69, 9.17) is 0 Å². The van der Waals surface area contributed by atoms with Gasteiger partial charge in [0.2, 0.25) is 11.0 Å². The van der Waals surface area contributed by atoms with E-state index in [0.29, 0.717) is 0 Å². The summed E-state index contributed by atoms with van der Waals surface area (Å²) in [4.78, 5) is 16.6. The van der Waals surface area contributed by atoms with Crippen LogP contribution in [0.15, 0.2) is 60.0 Å². The molecule has 5 nitrogen and oxygen atoms in total. The molecule has 134 valence electrons. The Kier molecular flexibility index (Phi) is 5.23. The lowest BCUT2D eigenvalue weighted by atomic mass is 9.95. The number of benzene rings is 2. The van der Waals surface area contributed by atoms with Gasteiger partial charge in [-0.2, -0.15) is 0 Å². The molecule has 1 aromatic heterocycles. The predicted molar refractivity (Wildman–Crippen MR) is 109 cm³/mol. The molecule has 26 heavy (non-hydrogen) atoms. The number of carbonyl (C=O) groups is 1. The van der Waals surface area contributed by atoms with Crippen molar-refractivity contribution in [2.24, 2.45) is 5.41 Å². The van der Waals surface area contributed by atoms with E-state index in [9.17, 15) is 4.79 Å². The topological polar surface area (TPSA) is 66.1 Å². The second-order valence-electron chi connectivity index (χ2n) is 6.94. The Morgan fingerprint density at radius 1 is 0.923 bits per heavy atom. The molecule has 0 bridgehead atoms. The molecule has 0 aliphatic carbocycles. The van der Waals surface area contributed by atoms with Crippen molar-refractivity contribution in [2.45, 2.75) is 20.8 Å². The van der Waals surface area contributed by atoms with Crippen LogP contribution in [0.3, 0.4) is 0 Å². The van der Waals surface area contributed by atoms with Crippen LogP contribution < -0.4 is 16.2 Å². The van der Waals surface area contributed by atoms with E-state index in [1.54, 1.807) is 0 Å². The van der Waals surface area contributed by atoms with Crippen LogP contribution in [-0.4, -0.2) is 10.9 Å². The normalized spacial score (nSPS) is 11.0. The number of thiazole rings is 1. The maximum Gasteiger partial charge on any atom is 0.229 e. The Labute approximate surface area is 157 Å². The third-order valence-corrected chi connectivity index (χ3v) is 4.47. The van der Waals surface area contributed by atoms with Gasteiger partial charge in [-0.05, 0) is 24.3 Å². The zero-order valence-electron chi connectivity index (χ0n) is 15.0. The third kappa shape index (κ3) is 4.61. The third-order valence-electron chi connectivity index (χ3n) is 3.71. The van der Waals surface area contributed by atoms with Gasteiger partial charge in [0.15, 0.2) is 0 Å². The highest BCUT2D eigenvalue weighted by molar-refractivity contribution is 7.14.